The van der Waals surface area contributed by atoms with Crippen LogP contribution in [0.25, 0.3) is 0 Å². The molecule has 0 heterocycles. The molecular weight excluding hydrogens is 451 g/mol. The first-order valence-electron chi connectivity index (χ1n) is 9.84. The maximum Gasteiger partial charge on any atom is 0.262 e. The maximum absolute atomic E-state index is 12.3. The Balaban J connectivity index is 1.50. The van der Waals surface area contributed by atoms with Crippen LogP contribution in [0, 0.1) is 0 Å². The third-order valence-electron chi connectivity index (χ3n) is 4.49. The van der Waals surface area contributed by atoms with E-state index in [1.807, 2.05) is 6.07 Å². The fraction of sp³-hybridized carbons (Fsp3) is 0.167. The number of para-hydroxylation sites is 2. The van der Waals surface area contributed by atoms with E-state index in [-0.39, 0.29) is 24.8 Å². The van der Waals surface area contributed by atoms with Crippen molar-refractivity contribution in [3.63, 3.8) is 0 Å². The standard InChI is InChI=1S/C24H22Cl2N2O4/c1-31-21-7-2-3-8-22(21)32-15-24(30)28-19-6-4-5-18(14-19)27-23(29)12-10-16-9-11-17(25)13-20(16)26/h2-9,11,13-14H,10,12,15H2,1H3,(H,27,29)(H,28,30). The molecule has 6 nitrogen and oxygen atoms in total. The fourth-order valence-corrected chi connectivity index (χ4v) is 3.45. The molecule has 0 spiro atoms. The first kappa shape index (κ1) is 23.4. The Morgan fingerprint density at radius 1 is 0.844 bits per heavy atom. The highest BCUT2D eigenvalue weighted by molar-refractivity contribution is 6.35. The van der Waals surface area contributed by atoms with Gasteiger partial charge in [-0.25, -0.2) is 0 Å². The van der Waals surface area contributed by atoms with Crippen LogP contribution in [0.4, 0.5) is 11.4 Å². The Kier molecular flexibility index (Phi) is 8.36. The van der Waals surface area contributed by atoms with Gasteiger partial charge in [0.05, 0.1) is 7.11 Å². The Hall–Kier alpha value is -3.22. The topological polar surface area (TPSA) is 76.7 Å². The zero-order chi connectivity index (χ0) is 22.9. The van der Waals surface area contributed by atoms with Gasteiger partial charge in [-0.2, -0.15) is 0 Å². The minimum atomic E-state index is -0.336. The molecule has 0 aliphatic heterocycles. The van der Waals surface area contributed by atoms with Crippen LogP contribution in [0.5, 0.6) is 11.5 Å². The molecule has 32 heavy (non-hydrogen) atoms. The second-order valence-corrected chi connectivity index (χ2v) is 7.70. The molecule has 3 aromatic carbocycles. The Morgan fingerprint density at radius 3 is 2.22 bits per heavy atom. The van der Waals surface area contributed by atoms with Gasteiger partial charge in [-0.05, 0) is 54.4 Å². The molecule has 0 atom stereocenters. The molecule has 0 aromatic heterocycles. The minimum Gasteiger partial charge on any atom is -0.493 e. The van der Waals surface area contributed by atoms with Crippen molar-refractivity contribution < 1.29 is 19.1 Å². The van der Waals surface area contributed by atoms with Gasteiger partial charge in [0.15, 0.2) is 18.1 Å². The molecule has 2 N–H and O–H groups in total. The molecule has 8 heteroatoms. The molecule has 0 bridgehead atoms. The molecule has 3 aromatic rings. The quantitative estimate of drug-likeness (QED) is 0.425. The van der Waals surface area contributed by atoms with E-state index in [1.54, 1.807) is 60.7 Å². The van der Waals surface area contributed by atoms with Gasteiger partial charge in [0.2, 0.25) is 5.91 Å². The number of ether oxygens (including phenoxy) is 2. The van der Waals surface area contributed by atoms with Crippen molar-refractivity contribution in [2.45, 2.75) is 12.8 Å². The predicted molar refractivity (Wildman–Crippen MR) is 127 cm³/mol. The zero-order valence-electron chi connectivity index (χ0n) is 17.4. The summed E-state index contributed by atoms with van der Waals surface area (Å²) in [7, 11) is 1.53. The summed E-state index contributed by atoms with van der Waals surface area (Å²) >= 11 is 12.0. The number of nitrogens with one attached hydrogen (secondary N) is 2. The number of hydrogen-bond acceptors (Lipinski definition) is 4. The van der Waals surface area contributed by atoms with E-state index >= 15 is 0 Å². The second-order valence-electron chi connectivity index (χ2n) is 6.85. The van der Waals surface area contributed by atoms with Crippen molar-refractivity contribution in [3.8, 4) is 11.5 Å². The molecule has 0 unspecified atom stereocenters. The molecule has 0 saturated carbocycles. The molecular formula is C24H22Cl2N2O4. The lowest BCUT2D eigenvalue weighted by Gasteiger charge is -2.11. The fourth-order valence-electron chi connectivity index (χ4n) is 2.95. The summed E-state index contributed by atoms with van der Waals surface area (Å²) in [6.07, 6.45) is 0.739. The number of methoxy groups -OCH3 is 1. The van der Waals surface area contributed by atoms with E-state index < -0.39 is 0 Å². The van der Waals surface area contributed by atoms with Crippen molar-refractivity contribution in [2.24, 2.45) is 0 Å². The van der Waals surface area contributed by atoms with Crippen LogP contribution >= 0.6 is 23.2 Å². The highest BCUT2D eigenvalue weighted by atomic mass is 35.5. The van der Waals surface area contributed by atoms with Gasteiger partial charge in [0.1, 0.15) is 0 Å². The molecule has 166 valence electrons. The SMILES string of the molecule is COc1ccccc1OCC(=O)Nc1cccc(NC(=O)CCc2ccc(Cl)cc2Cl)c1. The van der Waals surface area contributed by atoms with Crippen molar-refractivity contribution >= 4 is 46.4 Å². The summed E-state index contributed by atoms with van der Waals surface area (Å²) in [5, 5.41) is 6.65. The van der Waals surface area contributed by atoms with Crippen molar-refractivity contribution in [1.82, 2.24) is 0 Å². The van der Waals surface area contributed by atoms with E-state index in [2.05, 4.69) is 10.6 Å². The second kappa shape index (κ2) is 11.4. The summed E-state index contributed by atoms with van der Waals surface area (Å²) < 4.78 is 10.7. The number of benzene rings is 3. The lowest BCUT2D eigenvalue weighted by atomic mass is 10.1. The summed E-state index contributed by atoms with van der Waals surface area (Å²) in [6, 6.07) is 19.2. The van der Waals surface area contributed by atoms with Crippen LogP contribution in [0.1, 0.15) is 12.0 Å². The Morgan fingerprint density at radius 2 is 1.53 bits per heavy atom. The van der Waals surface area contributed by atoms with Crippen LogP contribution in [-0.4, -0.2) is 25.5 Å². The largest absolute Gasteiger partial charge is 0.493 e. The third kappa shape index (κ3) is 6.90. The summed E-state index contributed by atoms with van der Waals surface area (Å²) in [5.41, 5.74) is 1.96. The predicted octanol–water partition coefficient (Wildman–Crippen LogP) is 5.59. The molecule has 2 amide bonds. The Bertz CT molecular complexity index is 1100. The van der Waals surface area contributed by atoms with Gasteiger partial charge in [-0.15, -0.1) is 0 Å². The van der Waals surface area contributed by atoms with Gasteiger partial charge >= 0.3 is 0 Å². The van der Waals surface area contributed by atoms with Gasteiger partial charge in [-0.1, -0.05) is 47.5 Å². The molecule has 0 aliphatic carbocycles. The van der Waals surface area contributed by atoms with Gasteiger partial charge < -0.3 is 20.1 Å². The van der Waals surface area contributed by atoms with Crippen molar-refractivity contribution in [3.05, 3.63) is 82.3 Å². The lowest BCUT2D eigenvalue weighted by Crippen LogP contribution is -2.20. The number of carbonyl (C=O) groups is 2. The molecule has 0 aliphatic rings. The van der Waals surface area contributed by atoms with Crippen LogP contribution in [0.15, 0.2) is 66.7 Å². The number of carbonyl (C=O) groups excluding carboxylic acids is 2. The molecule has 3 rings (SSSR count). The number of hydrogen-bond donors (Lipinski definition) is 2. The van der Waals surface area contributed by atoms with E-state index in [9.17, 15) is 9.59 Å². The van der Waals surface area contributed by atoms with E-state index in [4.69, 9.17) is 32.7 Å². The number of rotatable bonds is 9. The molecule has 0 saturated heterocycles. The normalized spacial score (nSPS) is 10.3. The van der Waals surface area contributed by atoms with Crippen molar-refractivity contribution in [2.75, 3.05) is 24.4 Å². The van der Waals surface area contributed by atoms with Crippen LogP contribution in [-0.2, 0) is 16.0 Å². The highest BCUT2D eigenvalue weighted by Crippen LogP contribution is 2.26. The number of halogens is 2. The zero-order valence-corrected chi connectivity index (χ0v) is 18.9. The highest BCUT2D eigenvalue weighted by Gasteiger charge is 2.09. The number of anilines is 2. The minimum absolute atomic E-state index is 0.168. The summed E-state index contributed by atoms with van der Waals surface area (Å²) in [4.78, 5) is 24.6. The number of amides is 2. The third-order valence-corrected chi connectivity index (χ3v) is 5.08. The van der Waals surface area contributed by atoms with Crippen LogP contribution in [0.3, 0.4) is 0 Å². The molecule has 0 radical (unpaired) electrons. The first-order valence-corrected chi connectivity index (χ1v) is 10.6. The monoisotopic (exact) mass is 472 g/mol. The first-order chi connectivity index (χ1) is 15.4. The molecule has 0 fully saturated rings. The van der Waals surface area contributed by atoms with E-state index in [1.165, 1.54) is 7.11 Å². The van der Waals surface area contributed by atoms with Crippen molar-refractivity contribution in [1.29, 1.82) is 0 Å². The maximum atomic E-state index is 12.3. The number of aryl methyl sites for hydroxylation is 1. The average Bonchev–Trinajstić information content (AvgIpc) is 2.77. The van der Waals surface area contributed by atoms with Gasteiger partial charge in [0, 0.05) is 27.8 Å². The summed E-state index contributed by atoms with van der Waals surface area (Å²) in [6.45, 7) is -0.182. The van der Waals surface area contributed by atoms with Gasteiger partial charge in [-0.3, -0.25) is 9.59 Å². The lowest BCUT2D eigenvalue weighted by molar-refractivity contribution is -0.118. The van der Waals surface area contributed by atoms with Crippen LogP contribution < -0.4 is 20.1 Å². The summed E-state index contributed by atoms with van der Waals surface area (Å²) in [5.74, 6) is 0.521. The smallest absolute Gasteiger partial charge is 0.262 e. The van der Waals surface area contributed by atoms with Gasteiger partial charge in [0.25, 0.3) is 5.91 Å². The average molecular weight is 473 g/mol. The van der Waals surface area contributed by atoms with E-state index in [0.29, 0.717) is 39.3 Å². The van der Waals surface area contributed by atoms with Crippen LogP contribution in [0.2, 0.25) is 10.0 Å². The Labute approximate surface area is 196 Å². The van der Waals surface area contributed by atoms with E-state index in [0.717, 1.165) is 5.56 Å².